The predicted octanol–water partition coefficient (Wildman–Crippen LogP) is 5.21. The lowest BCUT2D eigenvalue weighted by molar-refractivity contribution is 0.507. The number of benzene rings is 1. The van der Waals surface area contributed by atoms with Crippen LogP contribution in [0, 0.1) is 0 Å². The molecule has 1 fully saturated rings. The Hall–Kier alpha value is -0.410. The normalized spacial score (nSPS) is 15.4. The van der Waals surface area contributed by atoms with Gasteiger partial charge in [0.25, 0.3) is 0 Å². The van der Waals surface area contributed by atoms with Gasteiger partial charge in [0.05, 0.1) is 21.6 Å². The van der Waals surface area contributed by atoms with Gasteiger partial charge in [-0.05, 0) is 25.3 Å². The van der Waals surface area contributed by atoms with Crippen LogP contribution in [-0.2, 0) is 13.0 Å². The van der Waals surface area contributed by atoms with Crippen LogP contribution in [0.3, 0.4) is 0 Å². The van der Waals surface area contributed by atoms with Crippen molar-refractivity contribution < 1.29 is 4.42 Å². The highest BCUT2D eigenvalue weighted by atomic mass is 35.5. The number of furan rings is 1. The Balaban J connectivity index is 2.11. The molecule has 2 nitrogen and oxygen atoms in total. The van der Waals surface area contributed by atoms with Crippen LogP contribution in [0.4, 0.5) is 0 Å². The van der Waals surface area contributed by atoms with Gasteiger partial charge in [0.1, 0.15) is 5.76 Å². The minimum absolute atomic E-state index is 0.469. The van der Waals surface area contributed by atoms with Crippen LogP contribution >= 0.6 is 34.8 Å². The summed E-state index contributed by atoms with van der Waals surface area (Å²) in [4.78, 5) is 0. The minimum atomic E-state index is 0.469. The summed E-state index contributed by atoms with van der Waals surface area (Å²) in [7, 11) is 0. The van der Waals surface area contributed by atoms with Crippen molar-refractivity contribution in [2.45, 2.75) is 38.8 Å². The molecule has 0 bridgehead atoms. The van der Waals surface area contributed by atoms with Crippen molar-refractivity contribution in [3.8, 4) is 0 Å². The van der Waals surface area contributed by atoms with E-state index in [4.69, 9.17) is 39.2 Å². The van der Waals surface area contributed by atoms with Gasteiger partial charge in [0.15, 0.2) is 5.58 Å². The van der Waals surface area contributed by atoms with E-state index >= 15 is 0 Å². The molecule has 0 spiro atoms. The Morgan fingerprint density at radius 2 is 2.00 bits per heavy atom. The molecule has 1 N–H and O–H groups in total. The predicted molar refractivity (Wildman–Crippen MR) is 80.5 cm³/mol. The maximum atomic E-state index is 6.30. The molecule has 19 heavy (non-hydrogen) atoms. The van der Waals surface area contributed by atoms with Crippen molar-refractivity contribution in [3.05, 3.63) is 32.5 Å². The van der Waals surface area contributed by atoms with E-state index in [0.29, 0.717) is 33.2 Å². The van der Waals surface area contributed by atoms with Crippen LogP contribution < -0.4 is 5.32 Å². The first-order valence-corrected chi connectivity index (χ1v) is 7.56. The van der Waals surface area contributed by atoms with E-state index < -0.39 is 0 Å². The second-order valence-corrected chi connectivity index (χ2v) is 6.06. The molecule has 1 aromatic heterocycles. The van der Waals surface area contributed by atoms with Crippen molar-refractivity contribution in [3.63, 3.8) is 0 Å². The zero-order chi connectivity index (χ0) is 13.6. The quantitative estimate of drug-likeness (QED) is 0.783. The first-order valence-electron chi connectivity index (χ1n) is 6.43. The fourth-order valence-electron chi connectivity index (χ4n) is 2.31. The zero-order valence-electron chi connectivity index (χ0n) is 10.5. The van der Waals surface area contributed by atoms with Crippen molar-refractivity contribution >= 4 is 45.8 Å². The van der Waals surface area contributed by atoms with Gasteiger partial charge in [0, 0.05) is 17.0 Å². The maximum absolute atomic E-state index is 6.30. The third-order valence-corrected chi connectivity index (χ3v) is 4.54. The number of aryl methyl sites for hydroxylation is 1. The second kappa shape index (κ2) is 5.17. The Labute approximate surface area is 127 Å². The van der Waals surface area contributed by atoms with Crippen molar-refractivity contribution in [1.29, 1.82) is 0 Å². The highest BCUT2D eigenvalue weighted by Gasteiger charge is 2.24. The number of nitrogens with one attached hydrogen (secondary N) is 1. The third-order valence-electron chi connectivity index (χ3n) is 3.47. The molecule has 1 heterocycles. The molecule has 1 saturated carbocycles. The zero-order valence-corrected chi connectivity index (χ0v) is 12.8. The van der Waals surface area contributed by atoms with Gasteiger partial charge in [-0.15, -0.1) is 0 Å². The molecule has 0 radical (unpaired) electrons. The third kappa shape index (κ3) is 2.47. The Bertz CT molecular complexity index is 631. The molecular formula is C14H14Cl3NO. The number of rotatable bonds is 4. The number of fused-ring (bicyclic) bond motifs is 1. The lowest BCUT2D eigenvalue weighted by atomic mass is 10.1. The summed E-state index contributed by atoms with van der Waals surface area (Å²) in [6.45, 7) is 2.79. The molecule has 1 aliphatic carbocycles. The van der Waals surface area contributed by atoms with Crippen LogP contribution in [0.1, 0.15) is 31.1 Å². The van der Waals surface area contributed by atoms with E-state index in [9.17, 15) is 0 Å². The monoisotopic (exact) mass is 317 g/mol. The smallest absolute Gasteiger partial charge is 0.154 e. The van der Waals surface area contributed by atoms with Crippen molar-refractivity contribution in [2.24, 2.45) is 0 Å². The van der Waals surface area contributed by atoms with E-state index in [1.807, 2.05) is 0 Å². The first-order chi connectivity index (χ1) is 9.11. The average molecular weight is 319 g/mol. The molecule has 1 aromatic carbocycles. The summed E-state index contributed by atoms with van der Waals surface area (Å²) in [6.07, 6.45) is 3.33. The summed E-state index contributed by atoms with van der Waals surface area (Å²) in [6, 6.07) is 2.27. The molecule has 0 aliphatic heterocycles. The van der Waals surface area contributed by atoms with Crippen LogP contribution in [0.15, 0.2) is 10.5 Å². The number of hydrogen-bond donors (Lipinski definition) is 1. The van der Waals surface area contributed by atoms with E-state index in [0.717, 1.165) is 23.1 Å². The molecule has 102 valence electrons. The van der Waals surface area contributed by atoms with Gasteiger partial charge < -0.3 is 9.73 Å². The minimum Gasteiger partial charge on any atom is -0.458 e. The van der Waals surface area contributed by atoms with E-state index in [-0.39, 0.29) is 0 Å². The van der Waals surface area contributed by atoms with E-state index in [1.165, 1.54) is 12.8 Å². The van der Waals surface area contributed by atoms with Gasteiger partial charge in [-0.2, -0.15) is 0 Å². The lowest BCUT2D eigenvalue weighted by Gasteiger charge is -2.02. The highest BCUT2D eigenvalue weighted by Crippen LogP contribution is 2.41. The summed E-state index contributed by atoms with van der Waals surface area (Å²) in [5.41, 5.74) is 1.73. The van der Waals surface area contributed by atoms with Gasteiger partial charge in [-0.3, -0.25) is 0 Å². The van der Waals surface area contributed by atoms with Crippen LogP contribution in [0.2, 0.25) is 15.1 Å². The number of halogens is 3. The van der Waals surface area contributed by atoms with Crippen molar-refractivity contribution in [2.75, 3.05) is 0 Å². The largest absolute Gasteiger partial charge is 0.458 e. The van der Waals surface area contributed by atoms with Crippen molar-refractivity contribution in [1.82, 2.24) is 5.32 Å². The van der Waals surface area contributed by atoms with Crippen LogP contribution in [-0.4, -0.2) is 6.04 Å². The molecule has 5 heteroatoms. The molecule has 2 aromatic rings. The lowest BCUT2D eigenvalue weighted by Crippen LogP contribution is -2.15. The summed E-state index contributed by atoms with van der Waals surface area (Å²) >= 11 is 18.6. The topological polar surface area (TPSA) is 25.2 Å². The maximum Gasteiger partial charge on any atom is 0.154 e. The summed E-state index contributed by atoms with van der Waals surface area (Å²) in [5.74, 6) is 0.912. The van der Waals surface area contributed by atoms with Gasteiger partial charge in [0.2, 0.25) is 0 Å². The summed E-state index contributed by atoms with van der Waals surface area (Å²) < 4.78 is 5.90. The first kappa shape index (κ1) is 13.6. The SMILES string of the molecule is CCc1c(CNC2CC2)oc2c(Cl)cc(Cl)c(Cl)c12. The second-order valence-electron chi connectivity index (χ2n) is 4.87. The average Bonchev–Trinajstić information content (AvgIpc) is 3.13. The van der Waals surface area contributed by atoms with E-state index in [2.05, 4.69) is 12.2 Å². The molecular weight excluding hydrogens is 305 g/mol. The molecule has 0 saturated heterocycles. The fraction of sp³-hybridized carbons (Fsp3) is 0.429. The van der Waals surface area contributed by atoms with Gasteiger partial charge >= 0.3 is 0 Å². The standard InChI is InChI=1S/C14H14Cl3NO/c1-2-8-11(6-18-7-3-4-7)19-14-10(16)5-9(15)13(17)12(8)14/h5,7,18H,2-4,6H2,1H3. The molecule has 0 unspecified atom stereocenters. The Morgan fingerprint density at radius 1 is 1.26 bits per heavy atom. The van der Waals surface area contributed by atoms with Gasteiger partial charge in [-0.25, -0.2) is 0 Å². The van der Waals surface area contributed by atoms with Gasteiger partial charge in [-0.1, -0.05) is 41.7 Å². The van der Waals surface area contributed by atoms with E-state index in [1.54, 1.807) is 6.07 Å². The molecule has 0 amide bonds. The Kier molecular flexibility index (Phi) is 3.69. The highest BCUT2D eigenvalue weighted by molar-refractivity contribution is 6.47. The number of hydrogen-bond acceptors (Lipinski definition) is 2. The van der Waals surface area contributed by atoms with Crippen LogP contribution in [0.25, 0.3) is 11.0 Å². The van der Waals surface area contributed by atoms with Crippen LogP contribution in [0.5, 0.6) is 0 Å². The fourth-order valence-corrected chi connectivity index (χ4v) is 3.07. The molecule has 3 rings (SSSR count). The molecule has 0 atom stereocenters. The molecule has 1 aliphatic rings. The Morgan fingerprint density at radius 3 is 2.63 bits per heavy atom. The summed E-state index contributed by atoms with van der Waals surface area (Å²) in [5, 5.41) is 5.81.